The minimum absolute atomic E-state index is 0. The molecule has 1 fully saturated rings. The fraction of sp³-hybridized carbons (Fsp3) is 1.00. The first-order valence-corrected chi connectivity index (χ1v) is 18.1. The third kappa shape index (κ3) is 21.7. The highest BCUT2D eigenvalue weighted by molar-refractivity contribution is 4.89. The summed E-state index contributed by atoms with van der Waals surface area (Å²) in [5.41, 5.74) is 0. The van der Waals surface area contributed by atoms with Gasteiger partial charge in [0.1, 0.15) is 37.1 Å². The van der Waals surface area contributed by atoms with Crippen LogP contribution < -0.4 is 12.4 Å². The second kappa shape index (κ2) is 28.0. The molecule has 0 saturated carbocycles. The predicted molar refractivity (Wildman–Crippen MR) is 175 cm³/mol. The van der Waals surface area contributed by atoms with Crippen LogP contribution >= 0.6 is 0 Å². The van der Waals surface area contributed by atoms with Gasteiger partial charge in [-0.15, -0.1) is 0 Å². The van der Waals surface area contributed by atoms with Crippen molar-refractivity contribution < 1.29 is 51.5 Å². The summed E-state index contributed by atoms with van der Waals surface area (Å²) in [5.74, 6) is 0. The molecule has 0 spiro atoms. The maximum Gasteiger partial charge on any atom is 0.186 e. The number of ether oxygens (including phenoxy) is 3. The van der Waals surface area contributed by atoms with Crippen LogP contribution in [0.15, 0.2) is 0 Å². The molecule has 0 aliphatic carbocycles. The summed E-state index contributed by atoms with van der Waals surface area (Å²) in [6, 6.07) is 0. The molecule has 0 aromatic rings. The standard InChI is InChI=1S/C35H72NO7.ClH/c1-5-7-9-11-13-15-16-17-18-19-21-23-25-36(3,4)27-30(37)28-41-29-31-32(38)33(39)34(40)35(43-31)42-26-24-22-20-14-12-10-8-6-2;/h30-35,37-40H,5-29H2,1-4H3;1H/q+1;/p-1/t30?,31-,32-,33+,34-,35-;/m1./s1. The van der Waals surface area contributed by atoms with Crippen molar-refractivity contribution in [3.8, 4) is 0 Å². The number of halogens is 1. The lowest BCUT2D eigenvalue weighted by Gasteiger charge is -2.40. The van der Waals surface area contributed by atoms with E-state index in [4.69, 9.17) is 14.2 Å². The molecule has 4 N–H and O–H groups in total. The maximum absolute atomic E-state index is 10.6. The van der Waals surface area contributed by atoms with Crippen molar-refractivity contribution in [3.63, 3.8) is 0 Å². The van der Waals surface area contributed by atoms with Gasteiger partial charge in [-0.3, -0.25) is 0 Å². The molecule has 1 aliphatic heterocycles. The molecule has 0 radical (unpaired) electrons. The molecule has 8 nitrogen and oxygen atoms in total. The quantitative estimate of drug-likeness (QED) is 0.0726. The lowest BCUT2D eigenvalue weighted by molar-refractivity contribution is -0.893. The molecule has 1 rings (SSSR count). The summed E-state index contributed by atoms with van der Waals surface area (Å²) in [6.45, 7) is 6.64. The first kappa shape index (κ1) is 44.0. The SMILES string of the molecule is CCCCCCCCCCCCCC[N+](C)(C)CC(O)COC[C@H]1O[C@@H](OCCCCCCCCCC)[C@H](O)[C@@H](O)[C@@H]1O.[Cl-]. The maximum atomic E-state index is 10.6. The molecule has 44 heavy (non-hydrogen) atoms. The summed E-state index contributed by atoms with van der Waals surface area (Å²) in [5, 5.41) is 41.7. The summed E-state index contributed by atoms with van der Waals surface area (Å²) in [7, 11) is 4.28. The summed E-state index contributed by atoms with van der Waals surface area (Å²) < 4.78 is 17.9. The smallest absolute Gasteiger partial charge is 0.186 e. The van der Waals surface area contributed by atoms with Gasteiger partial charge in [0.05, 0.1) is 33.9 Å². The van der Waals surface area contributed by atoms with Crippen molar-refractivity contribution in [2.75, 3.05) is 47.0 Å². The van der Waals surface area contributed by atoms with Gasteiger partial charge in [-0.1, -0.05) is 123 Å². The predicted octanol–water partition coefficient (Wildman–Crippen LogP) is 3.11. The normalized spacial score (nSPS) is 23.0. The van der Waals surface area contributed by atoms with Gasteiger partial charge < -0.3 is 51.5 Å². The number of unbranched alkanes of at least 4 members (excludes halogenated alkanes) is 18. The molecule has 266 valence electrons. The topological polar surface area (TPSA) is 109 Å². The monoisotopic (exact) mass is 653 g/mol. The number of hydrogen-bond acceptors (Lipinski definition) is 7. The lowest BCUT2D eigenvalue weighted by atomic mass is 9.99. The summed E-state index contributed by atoms with van der Waals surface area (Å²) in [4.78, 5) is 0. The van der Waals surface area contributed by atoms with Gasteiger partial charge in [0.15, 0.2) is 6.29 Å². The van der Waals surface area contributed by atoms with Gasteiger partial charge in [-0.2, -0.15) is 0 Å². The van der Waals surface area contributed by atoms with Crippen LogP contribution in [0.2, 0.25) is 0 Å². The van der Waals surface area contributed by atoms with Crippen molar-refractivity contribution in [2.45, 2.75) is 179 Å². The number of nitrogens with zero attached hydrogens (tertiary/aromatic N) is 1. The van der Waals surface area contributed by atoms with E-state index in [1.165, 1.54) is 103 Å². The third-order valence-electron chi connectivity index (χ3n) is 8.86. The van der Waals surface area contributed by atoms with Gasteiger partial charge >= 0.3 is 0 Å². The van der Waals surface area contributed by atoms with E-state index in [1.54, 1.807) is 0 Å². The zero-order chi connectivity index (χ0) is 31.8. The Hall–Kier alpha value is -0.0300. The molecule has 0 aromatic carbocycles. The molecule has 0 bridgehead atoms. The minimum Gasteiger partial charge on any atom is -1.00 e. The Morgan fingerprint density at radius 3 is 1.59 bits per heavy atom. The second-order valence-corrected chi connectivity index (χ2v) is 13.8. The first-order valence-electron chi connectivity index (χ1n) is 18.1. The summed E-state index contributed by atoms with van der Waals surface area (Å²) >= 11 is 0. The zero-order valence-corrected chi connectivity index (χ0v) is 29.7. The van der Waals surface area contributed by atoms with Gasteiger partial charge in [0, 0.05) is 6.61 Å². The van der Waals surface area contributed by atoms with Crippen LogP contribution in [0, 0.1) is 0 Å². The van der Waals surface area contributed by atoms with Crippen molar-refractivity contribution in [1.29, 1.82) is 0 Å². The molecule has 1 aliphatic rings. The Bertz CT molecular complexity index is 630. The Morgan fingerprint density at radius 1 is 0.636 bits per heavy atom. The Labute approximate surface area is 277 Å². The Kier molecular flexibility index (Phi) is 28.0. The highest BCUT2D eigenvalue weighted by Gasteiger charge is 2.44. The van der Waals surface area contributed by atoms with Crippen LogP contribution in [-0.2, 0) is 14.2 Å². The van der Waals surface area contributed by atoms with E-state index in [9.17, 15) is 20.4 Å². The lowest BCUT2D eigenvalue weighted by Crippen LogP contribution is -3.00. The van der Waals surface area contributed by atoms with E-state index < -0.39 is 36.8 Å². The van der Waals surface area contributed by atoms with Crippen LogP contribution in [0.4, 0.5) is 0 Å². The number of quaternary nitrogens is 1. The van der Waals surface area contributed by atoms with E-state index >= 15 is 0 Å². The minimum atomic E-state index is -1.37. The number of aliphatic hydroxyl groups is 4. The average Bonchev–Trinajstić information content (AvgIpc) is 2.97. The fourth-order valence-corrected chi connectivity index (χ4v) is 6.04. The van der Waals surface area contributed by atoms with Crippen LogP contribution in [0.1, 0.15) is 142 Å². The zero-order valence-electron chi connectivity index (χ0n) is 29.0. The van der Waals surface area contributed by atoms with Crippen LogP contribution in [0.3, 0.4) is 0 Å². The average molecular weight is 654 g/mol. The molecule has 6 atom stereocenters. The molecule has 1 unspecified atom stereocenters. The van der Waals surface area contributed by atoms with Crippen molar-refractivity contribution >= 4 is 0 Å². The van der Waals surface area contributed by atoms with Gasteiger partial charge in [-0.05, 0) is 19.3 Å². The molecular formula is C35H72ClNO7. The molecule has 1 heterocycles. The van der Waals surface area contributed by atoms with Gasteiger partial charge in [0.2, 0.25) is 0 Å². The number of aliphatic hydroxyl groups excluding tert-OH is 4. The highest BCUT2D eigenvalue weighted by atomic mass is 35.5. The van der Waals surface area contributed by atoms with Crippen LogP contribution in [0.5, 0.6) is 0 Å². The van der Waals surface area contributed by atoms with Crippen LogP contribution in [-0.4, -0.2) is 109 Å². The van der Waals surface area contributed by atoms with E-state index in [2.05, 4.69) is 27.9 Å². The second-order valence-electron chi connectivity index (χ2n) is 13.8. The third-order valence-corrected chi connectivity index (χ3v) is 8.86. The Morgan fingerprint density at radius 2 is 1.09 bits per heavy atom. The summed E-state index contributed by atoms with van der Waals surface area (Å²) in [6.07, 6.45) is 19.0. The van der Waals surface area contributed by atoms with Crippen molar-refractivity contribution in [2.24, 2.45) is 0 Å². The Balaban J connectivity index is 0.0000185. The number of rotatable bonds is 29. The number of hydrogen-bond donors (Lipinski definition) is 4. The van der Waals surface area contributed by atoms with Crippen molar-refractivity contribution in [3.05, 3.63) is 0 Å². The molecule has 9 heteroatoms. The fourth-order valence-electron chi connectivity index (χ4n) is 6.04. The van der Waals surface area contributed by atoms with Crippen molar-refractivity contribution in [1.82, 2.24) is 0 Å². The van der Waals surface area contributed by atoms with E-state index in [1.807, 2.05) is 0 Å². The molecular weight excluding hydrogens is 582 g/mol. The highest BCUT2D eigenvalue weighted by Crippen LogP contribution is 2.23. The number of likely N-dealkylation sites (N-methyl/N-ethyl adjacent to an activating group) is 1. The van der Waals surface area contributed by atoms with Gasteiger partial charge in [0.25, 0.3) is 0 Å². The molecule has 0 amide bonds. The molecule has 1 saturated heterocycles. The largest absolute Gasteiger partial charge is 1.00 e. The van der Waals surface area contributed by atoms with Crippen LogP contribution in [0.25, 0.3) is 0 Å². The van der Waals surface area contributed by atoms with E-state index in [-0.39, 0.29) is 25.6 Å². The van der Waals surface area contributed by atoms with E-state index in [0.29, 0.717) is 13.2 Å². The first-order chi connectivity index (χ1) is 20.7. The van der Waals surface area contributed by atoms with E-state index in [0.717, 1.165) is 36.7 Å². The molecule has 0 aromatic heterocycles. The van der Waals surface area contributed by atoms with Gasteiger partial charge in [-0.25, -0.2) is 0 Å².